The van der Waals surface area contributed by atoms with Gasteiger partial charge in [0.15, 0.2) is 0 Å². The van der Waals surface area contributed by atoms with Gasteiger partial charge >= 0.3 is 12.0 Å². The van der Waals surface area contributed by atoms with E-state index in [1.165, 1.54) is 19.3 Å². The van der Waals surface area contributed by atoms with Gasteiger partial charge in [0, 0.05) is 25.6 Å². The summed E-state index contributed by atoms with van der Waals surface area (Å²) in [4.78, 5) is 24.4. The lowest BCUT2D eigenvalue weighted by atomic mass is 9.85. The Balaban J connectivity index is 2.40. The van der Waals surface area contributed by atoms with Crippen LogP contribution in [0.2, 0.25) is 0 Å². The topological polar surface area (TPSA) is 69.6 Å². The number of carboxylic acid groups (broad SMARTS) is 1. The Morgan fingerprint density at radius 3 is 2.58 bits per heavy atom. The molecule has 3 unspecified atom stereocenters. The summed E-state index contributed by atoms with van der Waals surface area (Å²) in [5, 5.41) is 11.5. The van der Waals surface area contributed by atoms with Crippen LogP contribution in [-0.2, 0) is 4.79 Å². The number of rotatable bonds is 5. The maximum atomic E-state index is 12.1. The van der Waals surface area contributed by atoms with Crippen molar-refractivity contribution < 1.29 is 14.7 Å². The van der Waals surface area contributed by atoms with Gasteiger partial charge < -0.3 is 15.3 Å². The smallest absolute Gasteiger partial charge is 0.317 e. The van der Waals surface area contributed by atoms with Gasteiger partial charge in [-0.2, -0.15) is 0 Å². The van der Waals surface area contributed by atoms with Gasteiger partial charge in [-0.3, -0.25) is 4.79 Å². The van der Waals surface area contributed by atoms with E-state index in [1.54, 1.807) is 4.90 Å². The first-order valence-corrected chi connectivity index (χ1v) is 7.17. The van der Waals surface area contributed by atoms with Crippen LogP contribution in [0, 0.1) is 5.92 Å². The van der Waals surface area contributed by atoms with Crippen LogP contribution in [0.25, 0.3) is 0 Å². The van der Waals surface area contributed by atoms with E-state index in [1.807, 2.05) is 14.0 Å². The number of amides is 2. The summed E-state index contributed by atoms with van der Waals surface area (Å²) >= 11 is 0. The molecule has 2 amide bonds. The highest BCUT2D eigenvalue weighted by molar-refractivity contribution is 5.74. The number of aliphatic carboxylic acids is 1. The standard InChI is InChI=1S/C14H26N2O3/c1-10-6-4-5-7-12(10)16(3)14(19)15-11(2)8-9-13(17)18/h10-12H,4-9H2,1-3H3,(H,15,19)(H,17,18). The normalized spacial score (nSPS) is 24.6. The highest BCUT2D eigenvalue weighted by atomic mass is 16.4. The fraction of sp³-hybridized carbons (Fsp3) is 0.857. The van der Waals surface area contributed by atoms with Crippen molar-refractivity contribution in [3.05, 3.63) is 0 Å². The van der Waals surface area contributed by atoms with Gasteiger partial charge in [-0.25, -0.2) is 4.79 Å². The molecule has 1 saturated carbocycles. The van der Waals surface area contributed by atoms with Crippen LogP contribution in [0.15, 0.2) is 0 Å². The fourth-order valence-corrected chi connectivity index (χ4v) is 2.75. The van der Waals surface area contributed by atoms with Crippen molar-refractivity contribution in [3.63, 3.8) is 0 Å². The molecular formula is C14H26N2O3. The molecule has 0 radical (unpaired) electrons. The molecule has 0 aromatic heterocycles. The molecule has 1 aliphatic carbocycles. The summed E-state index contributed by atoms with van der Waals surface area (Å²) in [7, 11) is 1.84. The molecule has 0 bridgehead atoms. The molecule has 0 aromatic carbocycles. The van der Waals surface area contributed by atoms with Crippen LogP contribution in [0.3, 0.4) is 0 Å². The lowest BCUT2D eigenvalue weighted by Crippen LogP contribution is -2.49. The molecular weight excluding hydrogens is 244 g/mol. The molecule has 3 atom stereocenters. The van der Waals surface area contributed by atoms with Crippen LogP contribution in [0.1, 0.15) is 52.4 Å². The highest BCUT2D eigenvalue weighted by Crippen LogP contribution is 2.27. The quantitative estimate of drug-likeness (QED) is 0.806. The van der Waals surface area contributed by atoms with Gasteiger partial charge in [0.25, 0.3) is 0 Å². The van der Waals surface area contributed by atoms with Crippen molar-refractivity contribution in [2.45, 2.75) is 64.5 Å². The molecule has 1 fully saturated rings. The third-order valence-electron chi connectivity index (χ3n) is 4.05. The summed E-state index contributed by atoms with van der Waals surface area (Å²) in [5.74, 6) is -0.283. The fourth-order valence-electron chi connectivity index (χ4n) is 2.75. The van der Waals surface area contributed by atoms with Crippen molar-refractivity contribution in [3.8, 4) is 0 Å². The minimum absolute atomic E-state index is 0.0864. The molecule has 1 rings (SSSR count). The monoisotopic (exact) mass is 270 g/mol. The number of urea groups is 1. The van der Waals surface area contributed by atoms with Crippen LogP contribution in [-0.4, -0.2) is 41.1 Å². The Kier molecular flexibility index (Phi) is 6.12. The van der Waals surface area contributed by atoms with Crippen molar-refractivity contribution in [2.24, 2.45) is 5.92 Å². The summed E-state index contributed by atoms with van der Waals surface area (Å²) in [5.41, 5.74) is 0. The first-order chi connectivity index (χ1) is 8.91. The van der Waals surface area contributed by atoms with E-state index in [2.05, 4.69) is 12.2 Å². The zero-order valence-corrected chi connectivity index (χ0v) is 12.2. The highest BCUT2D eigenvalue weighted by Gasteiger charge is 2.28. The van der Waals surface area contributed by atoms with E-state index >= 15 is 0 Å². The number of carboxylic acids is 1. The number of carbonyl (C=O) groups excluding carboxylic acids is 1. The molecule has 5 nitrogen and oxygen atoms in total. The van der Waals surface area contributed by atoms with Gasteiger partial charge in [0.05, 0.1) is 0 Å². The Bertz CT molecular complexity index is 320. The van der Waals surface area contributed by atoms with Crippen molar-refractivity contribution >= 4 is 12.0 Å². The number of nitrogens with zero attached hydrogens (tertiary/aromatic N) is 1. The molecule has 2 N–H and O–H groups in total. The summed E-state index contributed by atoms with van der Waals surface area (Å²) in [6.07, 6.45) is 5.23. The van der Waals surface area contributed by atoms with Gasteiger partial charge in [0.2, 0.25) is 0 Å². The summed E-state index contributed by atoms with van der Waals surface area (Å²) in [6, 6.07) is 0.113. The average Bonchev–Trinajstić information content (AvgIpc) is 2.36. The SMILES string of the molecule is CC(CCC(=O)O)NC(=O)N(C)C1CCCCC1C. The summed E-state index contributed by atoms with van der Waals surface area (Å²) in [6.45, 7) is 4.04. The number of hydrogen-bond donors (Lipinski definition) is 2. The number of hydrogen-bond acceptors (Lipinski definition) is 2. The Morgan fingerprint density at radius 2 is 2.00 bits per heavy atom. The first kappa shape index (κ1) is 15.8. The van der Waals surface area contributed by atoms with Gasteiger partial charge in [-0.15, -0.1) is 0 Å². The lowest BCUT2D eigenvalue weighted by molar-refractivity contribution is -0.137. The second-order valence-electron chi connectivity index (χ2n) is 5.72. The predicted molar refractivity (Wildman–Crippen MR) is 74.0 cm³/mol. The summed E-state index contributed by atoms with van der Waals surface area (Å²) < 4.78 is 0. The van der Waals surface area contributed by atoms with E-state index < -0.39 is 5.97 Å². The van der Waals surface area contributed by atoms with E-state index in [-0.39, 0.29) is 18.5 Å². The van der Waals surface area contributed by atoms with Crippen molar-refractivity contribution in [1.29, 1.82) is 0 Å². The second-order valence-corrected chi connectivity index (χ2v) is 5.72. The van der Waals surface area contributed by atoms with Crippen LogP contribution in [0.5, 0.6) is 0 Å². The molecule has 0 spiro atoms. The van der Waals surface area contributed by atoms with Gasteiger partial charge in [0.1, 0.15) is 0 Å². The third-order valence-corrected chi connectivity index (χ3v) is 4.05. The Labute approximate surface area is 115 Å². The van der Waals surface area contributed by atoms with Crippen LogP contribution in [0.4, 0.5) is 4.79 Å². The van der Waals surface area contributed by atoms with Gasteiger partial charge in [-0.05, 0) is 32.1 Å². The van der Waals surface area contributed by atoms with Crippen LogP contribution < -0.4 is 5.32 Å². The molecule has 19 heavy (non-hydrogen) atoms. The van der Waals surface area contributed by atoms with E-state index in [0.717, 1.165) is 6.42 Å². The van der Waals surface area contributed by atoms with Crippen LogP contribution >= 0.6 is 0 Å². The first-order valence-electron chi connectivity index (χ1n) is 7.17. The van der Waals surface area contributed by atoms with E-state index in [0.29, 0.717) is 18.4 Å². The maximum Gasteiger partial charge on any atom is 0.317 e. The lowest BCUT2D eigenvalue weighted by Gasteiger charge is -2.36. The molecule has 5 heteroatoms. The van der Waals surface area contributed by atoms with E-state index in [4.69, 9.17) is 5.11 Å². The van der Waals surface area contributed by atoms with Gasteiger partial charge in [-0.1, -0.05) is 19.8 Å². The molecule has 110 valence electrons. The zero-order chi connectivity index (χ0) is 14.4. The second kappa shape index (κ2) is 7.36. The third kappa shape index (κ3) is 5.09. The predicted octanol–water partition coefficient (Wildman–Crippen LogP) is 2.46. The zero-order valence-electron chi connectivity index (χ0n) is 12.2. The Hall–Kier alpha value is -1.26. The number of carbonyl (C=O) groups is 2. The minimum Gasteiger partial charge on any atom is -0.481 e. The molecule has 0 heterocycles. The van der Waals surface area contributed by atoms with Crippen molar-refractivity contribution in [2.75, 3.05) is 7.05 Å². The maximum absolute atomic E-state index is 12.1. The van der Waals surface area contributed by atoms with Crippen molar-refractivity contribution in [1.82, 2.24) is 10.2 Å². The Morgan fingerprint density at radius 1 is 1.37 bits per heavy atom. The number of nitrogens with one attached hydrogen (secondary N) is 1. The van der Waals surface area contributed by atoms with E-state index in [9.17, 15) is 9.59 Å². The largest absolute Gasteiger partial charge is 0.481 e. The average molecular weight is 270 g/mol. The molecule has 0 saturated heterocycles. The molecule has 1 aliphatic rings. The minimum atomic E-state index is -0.824. The molecule has 0 aromatic rings. The molecule has 0 aliphatic heterocycles.